The summed E-state index contributed by atoms with van der Waals surface area (Å²) in [5.41, 5.74) is 6.38. The predicted octanol–water partition coefficient (Wildman–Crippen LogP) is 3.43. The summed E-state index contributed by atoms with van der Waals surface area (Å²) < 4.78 is 0. The van der Waals surface area contributed by atoms with E-state index in [9.17, 15) is 0 Å². The van der Waals surface area contributed by atoms with E-state index in [2.05, 4.69) is 50.0 Å². The van der Waals surface area contributed by atoms with Crippen molar-refractivity contribution in [3.63, 3.8) is 0 Å². The minimum absolute atomic E-state index is 0.206. The van der Waals surface area contributed by atoms with Gasteiger partial charge in [0.25, 0.3) is 0 Å². The van der Waals surface area contributed by atoms with Gasteiger partial charge in [0.05, 0.1) is 5.69 Å². The molecule has 2 aliphatic rings. The van der Waals surface area contributed by atoms with Crippen molar-refractivity contribution >= 4 is 0 Å². The molecule has 1 aliphatic heterocycles. The molecule has 1 heterocycles. The molecular weight excluding hydrogens is 184 g/mol. The highest BCUT2D eigenvalue weighted by Gasteiger charge is 2.20. The van der Waals surface area contributed by atoms with E-state index in [1.165, 1.54) is 16.7 Å². The summed E-state index contributed by atoms with van der Waals surface area (Å²) >= 11 is 0. The number of nitrogens with one attached hydrogen (secondary N) is 1. The Kier molecular flexibility index (Phi) is 2.10. The number of rotatable bonds is 0. The third kappa shape index (κ3) is 1.65. The summed E-state index contributed by atoms with van der Waals surface area (Å²) in [6.07, 6.45) is 0. The van der Waals surface area contributed by atoms with E-state index in [1.54, 1.807) is 0 Å². The third-order valence-corrected chi connectivity index (χ3v) is 2.94. The summed E-state index contributed by atoms with van der Waals surface area (Å²) in [4.78, 5) is 0. The normalized spacial score (nSPS) is 12.3. The van der Waals surface area contributed by atoms with Crippen molar-refractivity contribution < 1.29 is 0 Å². The minimum Gasteiger partial charge on any atom is -0.282 e. The van der Waals surface area contributed by atoms with Crippen molar-refractivity contribution in [3.05, 3.63) is 29.1 Å². The molecule has 1 N–H and O–H groups in total. The zero-order valence-electron chi connectivity index (χ0n) is 10.1. The van der Waals surface area contributed by atoms with Crippen LogP contribution >= 0.6 is 0 Å². The average molecular weight is 202 g/mol. The fraction of sp³-hybridized carbons (Fsp3) is 0.462. The molecule has 0 radical (unpaired) electrons. The van der Waals surface area contributed by atoms with Gasteiger partial charge in [0.15, 0.2) is 0 Å². The summed E-state index contributed by atoms with van der Waals surface area (Å²) in [6.45, 7) is 10.8. The van der Waals surface area contributed by atoms with E-state index in [4.69, 9.17) is 0 Å². The lowest BCUT2D eigenvalue weighted by molar-refractivity contribution is 0.592. The molecule has 0 unspecified atom stereocenters. The Bertz CT molecular complexity index is 424. The van der Waals surface area contributed by atoms with E-state index < -0.39 is 0 Å². The first-order chi connectivity index (χ1) is 6.89. The predicted molar refractivity (Wildman–Crippen MR) is 63.4 cm³/mol. The molecule has 15 heavy (non-hydrogen) atoms. The van der Waals surface area contributed by atoms with Crippen molar-refractivity contribution in [2.75, 3.05) is 0 Å². The third-order valence-electron chi connectivity index (χ3n) is 2.94. The van der Waals surface area contributed by atoms with Crippen LogP contribution in [0.5, 0.6) is 0 Å². The Morgan fingerprint density at radius 2 is 1.67 bits per heavy atom. The van der Waals surface area contributed by atoms with Gasteiger partial charge in [-0.25, -0.2) is 0 Å². The molecule has 0 aromatic carbocycles. The molecule has 80 valence electrons. The van der Waals surface area contributed by atoms with Gasteiger partial charge >= 0.3 is 0 Å². The molecule has 0 aromatic rings. The van der Waals surface area contributed by atoms with Crippen LogP contribution in [0.4, 0.5) is 0 Å². The Balaban J connectivity index is 2.70. The van der Waals surface area contributed by atoms with Crippen LogP contribution in [0.1, 0.15) is 37.7 Å². The first-order valence-electron chi connectivity index (χ1n) is 5.35. The second-order valence-electron chi connectivity index (χ2n) is 5.26. The Morgan fingerprint density at radius 3 is 2.20 bits per heavy atom. The largest absolute Gasteiger partial charge is 0.282 e. The van der Waals surface area contributed by atoms with Crippen LogP contribution in [-0.4, -0.2) is 10.2 Å². The van der Waals surface area contributed by atoms with Gasteiger partial charge in [0.1, 0.15) is 0 Å². The summed E-state index contributed by atoms with van der Waals surface area (Å²) in [6, 6.07) is 4.54. The number of nitrogens with zero attached hydrogens (tertiary/aromatic N) is 1. The van der Waals surface area contributed by atoms with Crippen LogP contribution in [-0.2, 0) is 5.41 Å². The summed E-state index contributed by atoms with van der Waals surface area (Å²) in [7, 11) is 0. The number of hydrogen-bond acceptors (Lipinski definition) is 1. The molecule has 0 atom stereocenters. The molecule has 0 spiro atoms. The molecule has 1 aliphatic carbocycles. The second kappa shape index (κ2) is 3.09. The number of fused-ring (bicyclic) bond motifs is 1. The Labute approximate surface area is 91.1 Å². The van der Waals surface area contributed by atoms with Crippen molar-refractivity contribution in [3.8, 4) is 11.1 Å². The molecule has 0 amide bonds. The van der Waals surface area contributed by atoms with Gasteiger partial charge in [-0.3, -0.25) is 5.10 Å². The lowest BCUT2D eigenvalue weighted by Crippen LogP contribution is -2.08. The highest BCUT2D eigenvalue weighted by Crippen LogP contribution is 2.35. The first-order valence-corrected chi connectivity index (χ1v) is 5.35. The molecule has 0 fully saturated rings. The lowest BCUT2D eigenvalue weighted by atomic mass is 9.89. The molecule has 0 bridgehead atoms. The number of aromatic nitrogens is 2. The summed E-state index contributed by atoms with van der Waals surface area (Å²) in [5, 5.41) is 7.33. The highest BCUT2D eigenvalue weighted by molar-refractivity contribution is 5.73. The van der Waals surface area contributed by atoms with Gasteiger partial charge in [-0.05, 0) is 37.0 Å². The van der Waals surface area contributed by atoms with Gasteiger partial charge in [-0.2, -0.15) is 5.10 Å². The van der Waals surface area contributed by atoms with Crippen LogP contribution in [0.2, 0.25) is 0 Å². The maximum atomic E-state index is 4.28. The molecular formula is C13H18N2. The van der Waals surface area contributed by atoms with Crippen LogP contribution in [0.25, 0.3) is 11.1 Å². The Morgan fingerprint density at radius 1 is 1.07 bits per heavy atom. The highest BCUT2D eigenvalue weighted by atomic mass is 15.1. The van der Waals surface area contributed by atoms with Crippen molar-refractivity contribution in [2.45, 2.75) is 40.0 Å². The van der Waals surface area contributed by atoms with E-state index >= 15 is 0 Å². The maximum absolute atomic E-state index is 4.28. The van der Waals surface area contributed by atoms with Gasteiger partial charge in [0, 0.05) is 16.8 Å². The molecule has 2 nitrogen and oxygen atoms in total. The van der Waals surface area contributed by atoms with Gasteiger partial charge < -0.3 is 0 Å². The fourth-order valence-electron chi connectivity index (χ4n) is 1.84. The average Bonchev–Trinajstić information content (AvgIpc) is 2.56. The Hall–Kier alpha value is -1.31. The monoisotopic (exact) mass is 202 g/mol. The van der Waals surface area contributed by atoms with E-state index in [-0.39, 0.29) is 5.41 Å². The fourth-order valence-corrected chi connectivity index (χ4v) is 1.84. The molecule has 2 rings (SSSR count). The maximum Gasteiger partial charge on any atom is 0.0655 e. The molecule has 2 heteroatoms. The smallest absolute Gasteiger partial charge is 0.0655 e. The standard InChI is InChI=1S/C13H18N2/c1-8-11-6-10(13(3,4)5)7-12(11)9(2)15-14-8/h6-7,14H,1-5H3. The van der Waals surface area contributed by atoms with Gasteiger partial charge in [-0.15, -0.1) is 0 Å². The first kappa shape index (κ1) is 10.2. The summed E-state index contributed by atoms with van der Waals surface area (Å²) in [5.74, 6) is 0. The minimum atomic E-state index is 0.206. The second-order valence-corrected chi connectivity index (χ2v) is 5.26. The number of aryl methyl sites for hydroxylation is 2. The van der Waals surface area contributed by atoms with E-state index in [1.807, 2.05) is 6.92 Å². The number of H-pyrrole nitrogens is 1. The van der Waals surface area contributed by atoms with Crippen molar-refractivity contribution in [1.29, 1.82) is 0 Å². The van der Waals surface area contributed by atoms with E-state index in [0.717, 1.165) is 11.4 Å². The van der Waals surface area contributed by atoms with Crippen molar-refractivity contribution in [1.82, 2.24) is 10.2 Å². The number of aromatic amines is 1. The molecule has 0 aromatic heterocycles. The molecule has 0 saturated carbocycles. The zero-order valence-corrected chi connectivity index (χ0v) is 10.1. The van der Waals surface area contributed by atoms with Crippen LogP contribution in [0, 0.1) is 13.8 Å². The molecule has 0 saturated heterocycles. The topological polar surface area (TPSA) is 28.7 Å². The van der Waals surface area contributed by atoms with E-state index in [0.29, 0.717) is 0 Å². The number of hydrogen-bond donors (Lipinski definition) is 1. The van der Waals surface area contributed by atoms with Crippen molar-refractivity contribution in [2.24, 2.45) is 0 Å². The quantitative estimate of drug-likeness (QED) is 0.696. The van der Waals surface area contributed by atoms with Crippen LogP contribution in [0.3, 0.4) is 0 Å². The van der Waals surface area contributed by atoms with Gasteiger partial charge in [0.2, 0.25) is 0 Å². The van der Waals surface area contributed by atoms with Gasteiger partial charge in [-0.1, -0.05) is 20.8 Å². The lowest BCUT2D eigenvalue weighted by Gasteiger charge is -2.15. The SMILES string of the molecule is Cc1n[nH]c(C)c2cc(C(C)(C)C)cc1-2. The van der Waals surface area contributed by atoms with Crippen LogP contribution in [0.15, 0.2) is 12.1 Å². The van der Waals surface area contributed by atoms with Crippen LogP contribution < -0.4 is 0 Å². The zero-order chi connectivity index (χ0) is 11.2.